The first-order chi connectivity index (χ1) is 8.19. The van der Waals surface area contributed by atoms with Crippen LogP contribution < -0.4 is 0 Å². The molecule has 0 N–H and O–H groups in total. The molecule has 1 aliphatic carbocycles. The van der Waals surface area contributed by atoms with Crippen LogP contribution in [0, 0.1) is 13.8 Å². The molecule has 0 radical (unpaired) electrons. The van der Waals surface area contributed by atoms with E-state index >= 15 is 0 Å². The Balaban J connectivity index is 2.25. The van der Waals surface area contributed by atoms with Crippen LogP contribution in [0.2, 0.25) is 0 Å². The maximum atomic E-state index is 2.38. The molecule has 0 heterocycles. The van der Waals surface area contributed by atoms with Crippen LogP contribution in [0.5, 0.6) is 0 Å². The Bertz CT molecular complexity index is 591. The quantitative estimate of drug-likeness (QED) is 0.571. The van der Waals surface area contributed by atoms with Gasteiger partial charge in [-0.05, 0) is 60.1 Å². The Morgan fingerprint density at radius 2 is 1.82 bits per heavy atom. The maximum absolute atomic E-state index is 2.38. The largest absolute Gasteiger partial charge is 0.0613 e. The second kappa shape index (κ2) is 3.73. The lowest BCUT2D eigenvalue weighted by Gasteiger charge is -2.07. The molecule has 0 atom stereocenters. The third kappa shape index (κ3) is 1.59. The molecule has 0 fully saturated rings. The van der Waals surface area contributed by atoms with Crippen LogP contribution >= 0.6 is 0 Å². The lowest BCUT2D eigenvalue weighted by atomic mass is 9.98. The van der Waals surface area contributed by atoms with Crippen molar-refractivity contribution in [3.05, 3.63) is 58.1 Å². The van der Waals surface area contributed by atoms with Crippen molar-refractivity contribution < 1.29 is 0 Å². The average Bonchev–Trinajstić information content (AvgIpc) is 2.67. The van der Waals surface area contributed by atoms with Gasteiger partial charge in [0.1, 0.15) is 0 Å². The van der Waals surface area contributed by atoms with E-state index in [1.807, 2.05) is 0 Å². The molecule has 0 spiro atoms. The summed E-state index contributed by atoms with van der Waals surface area (Å²) in [7, 11) is 0. The third-order valence-corrected chi connectivity index (χ3v) is 3.86. The lowest BCUT2D eigenvalue weighted by molar-refractivity contribution is 1.13. The number of hydrogen-bond acceptors (Lipinski definition) is 0. The molecule has 3 rings (SSSR count). The second-order valence-corrected chi connectivity index (χ2v) is 5.13. The van der Waals surface area contributed by atoms with Gasteiger partial charge in [-0.1, -0.05) is 42.8 Å². The Kier molecular flexibility index (Phi) is 2.32. The minimum atomic E-state index is 1.11. The number of aryl methyl sites for hydroxylation is 3. The summed E-state index contributed by atoms with van der Waals surface area (Å²) in [5.74, 6) is 0. The van der Waals surface area contributed by atoms with Crippen molar-refractivity contribution in [2.45, 2.75) is 33.6 Å². The summed E-state index contributed by atoms with van der Waals surface area (Å²) in [5.41, 5.74) is 10.2. The van der Waals surface area contributed by atoms with Crippen molar-refractivity contribution in [2.75, 3.05) is 0 Å². The van der Waals surface area contributed by atoms with E-state index in [1.165, 1.54) is 38.9 Å². The summed E-state index contributed by atoms with van der Waals surface area (Å²) in [6.07, 6.45) is 2.23. The first kappa shape index (κ1) is 10.6. The van der Waals surface area contributed by atoms with E-state index in [0.29, 0.717) is 0 Å². The molecule has 0 heteroatoms. The fraction of sp³-hybridized carbons (Fsp3) is 0.294. The molecule has 0 nitrogen and oxygen atoms in total. The van der Waals surface area contributed by atoms with Crippen LogP contribution in [0.15, 0.2) is 30.3 Å². The summed E-state index contributed by atoms with van der Waals surface area (Å²) in [5, 5.41) is 0. The topological polar surface area (TPSA) is 0 Å². The Hall–Kier alpha value is -1.56. The Morgan fingerprint density at radius 3 is 2.59 bits per heavy atom. The fourth-order valence-electron chi connectivity index (χ4n) is 2.91. The summed E-state index contributed by atoms with van der Waals surface area (Å²) in [6, 6.07) is 11.6. The molecule has 0 saturated heterocycles. The highest BCUT2D eigenvalue weighted by atomic mass is 14.2. The van der Waals surface area contributed by atoms with Gasteiger partial charge in [-0.15, -0.1) is 0 Å². The molecule has 0 unspecified atom stereocenters. The Morgan fingerprint density at radius 1 is 1.00 bits per heavy atom. The van der Waals surface area contributed by atoms with Crippen LogP contribution in [0.3, 0.4) is 0 Å². The van der Waals surface area contributed by atoms with E-state index in [2.05, 4.69) is 51.1 Å². The smallest absolute Gasteiger partial charge is 0.00108 e. The van der Waals surface area contributed by atoms with Crippen LogP contribution in [-0.4, -0.2) is 0 Å². The summed E-state index contributed by atoms with van der Waals surface area (Å²) < 4.78 is 0. The van der Waals surface area contributed by atoms with Crippen LogP contribution in [0.4, 0.5) is 0 Å². The van der Waals surface area contributed by atoms with Gasteiger partial charge in [-0.3, -0.25) is 0 Å². The Labute approximate surface area is 103 Å². The number of rotatable bonds is 1. The van der Waals surface area contributed by atoms with Crippen molar-refractivity contribution in [3.63, 3.8) is 0 Å². The SMILES string of the molecule is CCc1ccc2c(c1)-c1cc(C)cc(C)c1C2. The van der Waals surface area contributed by atoms with Crippen molar-refractivity contribution in [2.24, 2.45) is 0 Å². The minimum absolute atomic E-state index is 1.11. The van der Waals surface area contributed by atoms with Crippen molar-refractivity contribution >= 4 is 0 Å². The molecule has 0 saturated carbocycles. The van der Waals surface area contributed by atoms with Gasteiger partial charge in [0.2, 0.25) is 0 Å². The summed E-state index contributed by atoms with van der Waals surface area (Å²) >= 11 is 0. The summed E-state index contributed by atoms with van der Waals surface area (Å²) in [4.78, 5) is 0. The highest BCUT2D eigenvalue weighted by molar-refractivity contribution is 5.79. The maximum Gasteiger partial charge on any atom is -0.00108 e. The predicted molar refractivity (Wildman–Crippen MR) is 73.5 cm³/mol. The molecule has 0 bridgehead atoms. The van der Waals surface area contributed by atoms with Crippen molar-refractivity contribution in [1.82, 2.24) is 0 Å². The molecule has 0 amide bonds. The highest BCUT2D eigenvalue weighted by Crippen LogP contribution is 2.39. The second-order valence-electron chi connectivity index (χ2n) is 5.13. The van der Waals surface area contributed by atoms with Gasteiger partial charge in [0.05, 0.1) is 0 Å². The number of hydrogen-bond donors (Lipinski definition) is 0. The fourth-order valence-corrected chi connectivity index (χ4v) is 2.91. The van der Waals surface area contributed by atoms with Crippen molar-refractivity contribution in [3.8, 4) is 11.1 Å². The van der Waals surface area contributed by atoms with Gasteiger partial charge in [0.25, 0.3) is 0 Å². The summed E-state index contributed by atoms with van der Waals surface area (Å²) in [6.45, 7) is 6.65. The molecule has 86 valence electrons. The predicted octanol–water partition coefficient (Wildman–Crippen LogP) is 4.44. The number of fused-ring (bicyclic) bond motifs is 3. The van der Waals surface area contributed by atoms with Crippen molar-refractivity contribution in [1.29, 1.82) is 0 Å². The molecule has 2 aromatic rings. The van der Waals surface area contributed by atoms with Gasteiger partial charge < -0.3 is 0 Å². The van der Waals surface area contributed by atoms with E-state index in [0.717, 1.165) is 12.8 Å². The van der Waals surface area contributed by atoms with E-state index in [1.54, 1.807) is 0 Å². The first-order valence-electron chi connectivity index (χ1n) is 6.41. The normalized spacial score (nSPS) is 12.4. The van der Waals surface area contributed by atoms with Crippen LogP contribution in [-0.2, 0) is 12.8 Å². The van der Waals surface area contributed by atoms with Gasteiger partial charge in [-0.2, -0.15) is 0 Å². The van der Waals surface area contributed by atoms with Crippen LogP contribution in [0.1, 0.15) is 34.7 Å². The van der Waals surface area contributed by atoms with E-state index in [4.69, 9.17) is 0 Å². The number of benzene rings is 2. The highest BCUT2D eigenvalue weighted by Gasteiger charge is 2.20. The van der Waals surface area contributed by atoms with Gasteiger partial charge in [0.15, 0.2) is 0 Å². The van der Waals surface area contributed by atoms with Gasteiger partial charge >= 0.3 is 0 Å². The minimum Gasteiger partial charge on any atom is -0.0613 e. The zero-order chi connectivity index (χ0) is 12.0. The molecule has 0 aromatic heterocycles. The standard InChI is InChI=1S/C17H18/c1-4-13-5-6-14-10-15-12(3)7-11(2)8-17(15)16(14)9-13/h5-9H,4,10H2,1-3H3. The molecule has 0 aliphatic heterocycles. The molecule has 1 aliphatic rings. The zero-order valence-electron chi connectivity index (χ0n) is 10.8. The zero-order valence-corrected chi connectivity index (χ0v) is 10.8. The molecule has 2 aromatic carbocycles. The first-order valence-corrected chi connectivity index (χ1v) is 6.41. The van der Waals surface area contributed by atoms with E-state index in [9.17, 15) is 0 Å². The molecule has 17 heavy (non-hydrogen) atoms. The lowest BCUT2D eigenvalue weighted by Crippen LogP contribution is -1.87. The molecular weight excluding hydrogens is 204 g/mol. The monoisotopic (exact) mass is 222 g/mol. The van der Waals surface area contributed by atoms with Gasteiger partial charge in [0, 0.05) is 0 Å². The van der Waals surface area contributed by atoms with E-state index in [-0.39, 0.29) is 0 Å². The third-order valence-electron chi connectivity index (χ3n) is 3.86. The van der Waals surface area contributed by atoms with E-state index < -0.39 is 0 Å². The van der Waals surface area contributed by atoms with Gasteiger partial charge in [-0.25, -0.2) is 0 Å². The van der Waals surface area contributed by atoms with Crippen LogP contribution in [0.25, 0.3) is 11.1 Å². The molecular formula is C17H18. The average molecular weight is 222 g/mol.